The van der Waals surface area contributed by atoms with E-state index in [9.17, 15) is 15.2 Å². The fraction of sp³-hybridized carbons (Fsp3) is 0.333. The Morgan fingerprint density at radius 3 is 2.64 bits per heavy atom. The fourth-order valence-corrected chi connectivity index (χ4v) is 2.53. The molecule has 0 amide bonds. The molecule has 0 saturated carbocycles. The van der Waals surface area contributed by atoms with Crippen LogP contribution in [0, 0.1) is 17.0 Å². The van der Waals surface area contributed by atoms with Crippen LogP contribution in [0.3, 0.4) is 0 Å². The van der Waals surface area contributed by atoms with Gasteiger partial charge in [-0.15, -0.1) is 0 Å². The molecule has 0 radical (unpaired) electrons. The van der Waals surface area contributed by atoms with Gasteiger partial charge in [0.2, 0.25) is 0 Å². The van der Waals surface area contributed by atoms with Crippen molar-refractivity contribution in [3.63, 3.8) is 0 Å². The van der Waals surface area contributed by atoms with E-state index >= 15 is 0 Å². The van der Waals surface area contributed by atoms with E-state index in [1.807, 2.05) is 17.9 Å². The van der Waals surface area contributed by atoms with E-state index in [1.165, 1.54) is 12.1 Å². The van der Waals surface area contributed by atoms with Crippen molar-refractivity contribution < 1.29 is 10.0 Å². The van der Waals surface area contributed by atoms with Crippen LogP contribution >= 0.6 is 0 Å². The van der Waals surface area contributed by atoms with Gasteiger partial charge in [-0.05, 0) is 25.5 Å². The number of β-amino-alcohol motifs (C(OH)–C–C–N with tert-alkyl or cyclic N) is 1. The SMILES string of the molecule is Cc1cc(N2CC[C@H](O)C2)nc(-c2ccc([N+](=O)[O-])cc2)n1. The van der Waals surface area contributed by atoms with Crippen molar-refractivity contribution in [3.05, 3.63) is 46.1 Å². The Morgan fingerprint density at radius 2 is 2.05 bits per heavy atom. The van der Waals surface area contributed by atoms with Crippen molar-refractivity contribution in [2.45, 2.75) is 19.4 Å². The van der Waals surface area contributed by atoms with Crippen LogP contribution in [0.5, 0.6) is 0 Å². The van der Waals surface area contributed by atoms with E-state index in [0.717, 1.165) is 30.0 Å². The zero-order chi connectivity index (χ0) is 15.7. The number of nitrogens with zero attached hydrogens (tertiary/aromatic N) is 4. The molecule has 0 spiro atoms. The van der Waals surface area contributed by atoms with Gasteiger partial charge < -0.3 is 10.0 Å². The lowest BCUT2D eigenvalue weighted by Gasteiger charge is -2.17. The molecule has 7 heteroatoms. The second-order valence-corrected chi connectivity index (χ2v) is 5.38. The summed E-state index contributed by atoms with van der Waals surface area (Å²) in [5.41, 5.74) is 1.59. The van der Waals surface area contributed by atoms with Crippen LogP contribution in [-0.2, 0) is 0 Å². The number of non-ortho nitro benzene ring substituents is 1. The largest absolute Gasteiger partial charge is 0.391 e. The molecule has 0 aliphatic carbocycles. The van der Waals surface area contributed by atoms with Gasteiger partial charge in [0, 0.05) is 42.5 Å². The predicted octanol–water partition coefficient (Wildman–Crippen LogP) is 1.93. The summed E-state index contributed by atoms with van der Waals surface area (Å²) in [6.45, 7) is 3.21. The Bertz CT molecular complexity index is 702. The van der Waals surface area contributed by atoms with E-state index < -0.39 is 4.92 Å². The number of aryl methyl sites for hydroxylation is 1. The zero-order valence-electron chi connectivity index (χ0n) is 12.1. The minimum Gasteiger partial charge on any atom is -0.391 e. The maximum atomic E-state index is 10.7. The number of aliphatic hydroxyl groups excluding tert-OH is 1. The Kier molecular flexibility index (Phi) is 3.72. The maximum Gasteiger partial charge on any atom is 0.269 e. The normalized spacial score (nSPS) is 17.7. The van der Waals surface area contributed by atoms with E-state index in [-0.39, 0.29) is 11.8 Å². The van der Waals surface area contributed by atoms with Gasteiger partial charge in [0.25, 0.3) is 5.69 Å². The number of benzene rings is 1. The molecule has 1 saturated heterocycles. The molecule has 2 heterocycles. The fourth-order valence-electron chi connectivity index (χ4n) is 2.53. The highest BCUT2D eigenvalue weighted by Gasteiger charge is 2.22. The number of aromatic nitrogens is 2. The van der Waals surface area contributed by atoms with E-state index in [4.69, 9.17) is 0 Å². The highest BCUT2D eigenvalue weighted by Crippen LogP contribution is 2.24. The number of aliphatic hydroxyl groups is 1. The van der Waals surface area contributed by atoms with Crippen molar-refractivity contribution in [1.29, 1.82) is 0 Å². The van der Waals surface area contributed by atoms with Crippen LogP contribution in [0.15, 0.2) is 30.3 Å². The van der Waals surface area contributed by atoms with Crippen molar-refractivity contribution in [2.24, 2.45) is 0 Å². The van der Waals surface area contributed by atoms with Gasteiger partial charge in [-0.3, -0.25) is 10.1 Å². The highest BCUT2D eigenvalue weighted by molar-refractivity contribution is 5.60. The molecule has 0 bridgehead atoms. The Hall–Kier alpha value is -2.54. The summed E-state index contributed by atoms with van der Waals surface area (Å²) in [7, 11) is 0. The van der Waals surface area contributed by atoms with Crippen molar-refractivity contribution in [3.8, 4) is 11.4 Å². The minimum atomic E-state index is -0.433. The van der Waals surface area contributed by atoms with E-state index in [2.05, 4.69) is 9.97 Å². The first-order valence-electron chi connectivity index (χ1n) is 7.06. The Labute approximate surface area is 127 Å². The van der Waals surface area contributed by atoms with Crippen molar-refractivity contribution in [1.82, 2.24) is 9.97 Å². The van der Waals surface area contributed by atoms with Crippen molar-refractivity contribution >= 4 is 11.5 Å². The first-order valence-corrected chi connectivity index (χ1v) is 7.06. The molecule has 1 aromatic heterocycles. The van der Waals surface area contributed by atoms with Gasteiger partial charge in [0.1, 0.15) is 5.82 Å². The summed E-state index contributed by atoms with van der Waals surface area (Å²) in [6.07, 6.45) is 0.411. The van der Waals surface area contributed by atoms with Crippen molar-refractivity contribution in [2.75, 3.05) is 18.0 Å². The number of anilines is 1. The number of nitro benzene ring substituents is 1. The molecule has 1 fully saturated rings. The third-order valence-corrected chi connectivity index (χ3v) is 3.66. The number of nitro groups is 1. The second-order valence-electron chi connectivity index (χ2n) is 5.38. The van der Waals surface area contributed by atoms with Crippen LogP contribution in [0.2, 0.25) is 0 Å². The molecule has 3 rings (SSSR count). The van der Waals surface area contributed by atoms with Gasteiger partial charge in [0.15, 0.2) is 5.82 Å². The molecule has 114 valence electrons. The lowest BCUT2D eigenvalue weighted by atomic mass is 10.2. The minimum absolute atomic E-state index is 0.0410. The average molecular weight is 300 g/mol. The van der Waals surface area contributed by atoms with E-state index in [0.29, 0.717) is 12.4 Å². The Balaban J connectivity index is 1.93. The lowest BCUT2D eigenvalue weighted by Crippen LogP contribution is -2.22. The van der Waals surface area contributed by atoms with Gasteiger partial charge in [-0.2, -0.15) is 0 Å². The molecule has 1 atom stereocenters. The topological polar surface area (TPSA) is 92.4 Å². The van der Waals surface area contributed by atoms with Crippen LogP contribution < -0.4 is 4.90 Å². The zero-order valence-corrected chi connectivity index (χ0v) is 12.1. The molecular weight excluding hydrogens is 284 g/mol. The molecular formula is C15H16N4O3. The van der Waals surface area contributed by atoms with Crippen LogP contribution in [-0.4, -0.2) is 39.2 Å². The predicted molar refractivity (Wildman–Crippen MR) is 81.7 cm³/mol. The summed E-state index contributed by atoms with van der Waals surface area (Å²) in [5, 5.41) is 20.4. The molecule has 1 aromatic carbocycles. The number of rotatable bonds is 3. The summed E-state index contributed by atoms with van der Waals surface area (Å²) in [6, 6.07) is 8.07. The first-order chi connectivity index (χ1) is 10.5. The monoisotopic (exact) mass is 300 g/mol. The van der Waals surface area contributed by atoms with Gasteiger partial charge in [-0.1, -0.05) is 0 Å². The third-order valence-electron chi connectivity index (χ3n) is 3.66. The summed E-state index contributed by atoms with van der Waals surface area (Å²) in [5.74, 6) is 1.31. The molecule has 0 unspecified atom stereocenters. The summed E-state index contributed by atoms with van der Waals surface area (Å²) >= 11 is 0. The number of hydrogen-bond donors (Lipinski definition) is 1. The molecule has 1 aliphatic rings. The van der Waals surface area contributed by atoms with Gasteiger partial charge in [-0.25, -0.2) is 9.97 Å². The second kappa shape index (κ2) is 5.69. The highest BCUT2D eigenvalue weighted by atomic mass is 16.6. The lowest BCUT2D eigenvalue weighted by molar-refractivity contribution is -0.384. The van der Waals surface area contributed by atoms with E-state index in [1.54, 1.807) is 12.1 Å². The van der Waals surface area contributed by atoms with Crippen LogP contribution in [0.4, 0.5) is 11.5 Å². The third kappa shape index (κ3) is 2.89. The smallest absolute Gasteiger partial charge is 0.269 e. The summed E-state index contributed by atoms with van der Waals surface area (Å²) in [4.78, 5) is 21.2. The summed E-state index contributed by atoms with van der Waals surface area (Å²) < 4.78 is 0. The molecule has 22 heavy (non-hydrogen) atoms. The first kappa shape index (κ1) is 14.4. The number of hydrogen-bond acceptors (Lipinski definition) is 6. The molecule has 1 N–H and O–H groups in total. The maximum absolute atomic E-state index is 10.7. The van der Waals surface area contributed by atoms with Gasteiger partial charge >= 0.3 is 0 Å². The average Bonchev–Trinajstić information content (AvgIpc) is 2.93. The quantitative estimate of drug-likeness (QED) is 0.688. The standard InChI is InChI=1S/C15H16N4O3/c1-10-8-14(18-7-6-13(20)9-18)17-15(16-10)11-2-4-12(5-3-11)19(21)22/h2-5,8,13,20H,6-7,9H2,1H3/t13-/m0/s1. The molecule has 7 nitrogen and oxygen atoms in total. The molecule has 1 aliphatic heterocycles. The molecule has 2 aromatic rings. The van der Waals surface area contributed by atoms with Crippen LogP contribution in [0.25, 0.3) is 11.4 Å². The van der Waals surface area contributed by atoms with Crippen LogP contribution in [0.1, 0.15) is 12.1 Å². The van der Waals surface area contributed by atoms with Gasteiger partial charge in [0.05, 0.1) is 11.0 Å². The Morgan fingerprint density at radius 1 is 1.32 bits per heavy atom.